The number of aromatic nitrogens is 2. The Kier molecular flexibility index (Phi) is 4.95. The van der Waals surface area contributed by atoms with Gasteiger partial charge in [-0.1, -0.05) is 27.2 Å². The van der Waals surface area contributed by atoms with Crippen LogP contribution in [0.15, 0.2) is 6.07 Å². The number of aromatic amines is 1. The number of aryl methyl sites for hydroxylation is 1. The van der Waals surface area contributed by atoms with Gasteiger partial charge in [-0.15, -0.1) is 0 Å². The van der Waals surface area contributed by atoms with Crippen LogP contribution >= 0.6 is 0 Å². The Balaban J connectivity index is 2.75. The molecule has 98 valence electrons. The zero-order valence-corrected chi connectivity index (χ0v) is 11.3. The number of hydrogen-bond donors (Lipinski definition) is 2. The van der Waals surface area contributed by atoms with Crippen molar-refractivity contribution in [1.82, 2.24) is 14.5 Å². The fourth-order valence-corrected chi connectivity index (χ4v) is 2.75. The van der Waals surface area contributed by atoms with E-state index < -0.39 is 10.2 Å². The Labute approximate surface area is 103 Å². The summed E-state index contributed by atoms with van der Waals surface area (Å²) in [7, 11) is -3.48. The van der Waals surface area contributed by atoms with Crippen LogP contribution in [0.2, 0.25) is 0 Å². The SMILES string of the molecule is CCCc1cc(NS(=O)(=O)N(CC)CC)n[nH]1. The molecule has 0 atom stereocenters. The van der Waals surface area contributed by atoms with Gasteiger partial charge in [0.15, 0.2) is 5.82 Å². The zero-order valence-electron chi connectivity index (χ0n) is 10.5. The summed E-state index contributed by atoms with van der Waals surface area (Å²) >= 11 is 0. The molecule has 0 aliphatic rings. The molecule has 6 nitrogen and oxygen atoms in total. The molecule has 0 radical (unpaired) electrons. The average Bonchev–Trinajstić information content (AvgIpc) is 2.66. The lowest BCUT2D eigenvalue weighted by molar-refractivity contribution is 0.449. The molecule has 0 saturated heterocycles. The van der Waals surface area contributed by atoms with Crippen LogP contribution in [-0.2, 0) is 16.6 Å². The summed E-state index contributed by atoms with van der Waals surface area (Å²) in [6.45, 7) is 6.54. The molecule has 1 heterocycles. The van der Waals surface area contributed by atoms with E-state index in [0.717, 1.165) is 18.5 Å². The third-order valence-electron chi connectivity index (χ3n) is 2.43. The van der Waals surface area contributed by atoms with E-state index in [1.54, 1.807) is 19.9 Å². The molecule has 0 saturated carbocycles. The van der Waals surface area contributed by atoms with E-state index in [-0.39, 0.29) is 0 Å². The van der Waals surface area contributed by atoms with Crippen molar-refractivity contribution in [1.29, 1.82) is 0 Å². The first kappa shape index (κ1) is 14.0. The van der Waals surface area contributed by atoms with Crippen LogP contribution in [0.1, 0.15) is 32.9 Å². The van der Waals surface area contributed by atoms with Gasteiger partial charge in [0.2, 0.25) is 0 Å². The van der Waals surface area contributed by atoms with E-state index in [2.05, 4.69) is 21.8 Å². The molecule has 1 aromatic heterocycles. The van der Waals surface area contributed by atoms with Gasteiger partial charge < -0.3 is 0 Å². The van der Waals surface area contributed by atoms with Gasteiger partial charge in [-0.2, -0.15) is 17.8 Å². The fraction of sp³-hybridized carbons (Fsp3) is 0.700. The van der Waals surface area contributed by atoms with E-state index >= 15 is 0 Å². The van der Waals surface area contributed by atoms with E-state index in [1.165, 1.54) is 4.31 Å². The molecule has 0 spiro atoms. The van der Waals surface area contributed by atoms with Crippen LogP contribution in [0.4, 0.5) is 5.82 Å². The zero-order chi connectivity index (χ0) is 12.9. The van der Waals surface area contributed by atoms with Gasteiger partial charge in [0.25, 0.3) is 0 Å². The molecule has 2 N–H and O–H groups in total. The average molecular weight is 260 g/mol. The molecule has 0 bridgehead atoms. The lowest BCUT2D eigenvalue weighted by atomic mass is 10.2. The largest absolute Gasteiger partial charge is 0.302 e. The molecule has 17 heavy (non-hydrogen) atoms. The number of hydrogen-bond acceptors (Lipinski definition) is 3. The van der Waals surface area contributed by atoms with Crippen LogP contribution in [0.5, 0.6) is 0 Å². The highest BCUT2D eigenvalue weighted by atomic mass is 32.2. The monoisotopic (exact) mass is 260 g/mol. The van der Waals surface area contributed by atoms with E-state index in [4.69, 9.17) is 0 Å². The summed E-state index contributed by atoms with van der Waals surface area (Å²) in [5.41, 5.74) is 0.935. The van der Waals surface area contributed by atoms with Crippen molar-refractivity contribution in [3.8, 4) is 0 Å². The molecular weight excluding hydrogens is 240 g/mol. The number of anilines is 1. The Morgan fingerprint density at radius 2 is 2.00 bits per heavy atom. The molecule has 7 heteroatoms. The molecule has 1 aromatic rings. The van der Waals surface area contributed by atoms with Gasteiger partial charge in [-0.05, 0) is 6.42 Å². The molecule has 0 fully saturated rings. The minimum atomic E-state index is -3.48. The molecule has 1 rings (SSSR count). The predicted molar refractivity (Wildman–Crippen MR) is 68.0 cm³/mol. The van der Waals surface area contributed by atoms with Crippen molar-refractivity contribution in [3.05, 3.63) is 11.8 Å². The third-order valence-corrected chi connectivity index (χ3v) is 4.09. The predicted octanol–water partition coefficient (Wildman–Crippen LogP) is 1.36. The maximum atomic E-state index is 11.9. The second-order valence-corrected chi connectivity index (χ2v) is 5.39. The topological polar surface area (TPSA) is 78.1 Å². The maximum absolute atomic E-state index is 11.9. The highest BCUT2D eigenvalue weighted by Gasteiger charge is 2.19. The van der Waals surface area contributed by atoms with Crippen molar-refractivity contribution in [2.45, 2.75) is 33.6 Å². The van der Waals surface area contributed by atoms with Gasteiger partial charge in [0, 0.05) is 24.8 Å². The highest BCUT2D eigenvalue weighted by molar-refractivity contribution is 7.90. The molecule has 0 aliphatic heterocycles. The van der Waals surface area contributed by atoms with Crippen LogP contribution < -0.4 is 4.72 Å². The normalized spacial score (nSPS) is 12.0. The summed E-state index contributed by atoms with van der Waals surface area (Å²) in [5, 5.41) is 6.74. The standard InChI is InChI=1S/C10H20N4O2S/c1-4-7-9-8-10(12-11-9)13-17(15,16)14(5-2)6-3/h8H,4-7H2,1-3H3,(H2,11,12,13). The summed E-state index contributed by atoms with van der Waals surface area (Å²) in [6.07, 6.45) is 1.85. The highest BCUT2D eigenvalue weighted by Crippen LogP contribution is 2.11. The van der Waals surface area contributed by atoms with Gasteiger partial charge in [0.1, 0.15) is 0 Å². The molecule has 0 unspecified atom stereocenters. The first-order chi connectivity index (χ1) is 8.03. The summed E-state index contributed by atoms with van der Waals surface area (Å²) in [4.78, 5) is 0. The van der Waals surface area contributed by atoms with E-state index in [9.17, 15) is 8.42 Å². The number of rotatable bonds is 7. The van der Waals surface area contributed by atoms with Crippen molar-refractivity contribution < 1.29 is 8.42 Å². The fourth-order valence-electron chi connectivity index (χ4n) is 1.57. The summed E-state index contributed by atoms with van der Waals surface area (Å²) < 4.78 is 27.6. The van der Waals surface area contributed by atoms with Crippen LogP contribution in [0.25, 0.3) is 0 Å². The number of H-pyrrole nitrogens is 1. The smallest absolute Gasteiger partial charge is 0.280 e. The Morgan fingerprint density at radius 1 is 1.35 bits per heavy atom. The minimum Gasteiger partial charge on any atom is -0.280 e. The summed E-state index contributed by atoms with van der Waals surface area (Å²) in [5.74, 6) is 0.348. The molecular formula is C10H20N4O2S. The van der Waals surface area contributed by atoms with Gasteiger partial charge >= 0.3 is 10.2 Å². The lowest BCUT2D eigenvalue weighted by Gasteiger charge is -2.18. The minimum absolute atomic E-state index is 0.348. The second-order valence-electron chi connectivity index (χ2n) is 3.72. The Bertz CT molecular complexity index is 437. The van der Waals surface area contributed by atoms with Crippen molar-refractivity contribution in [2.75, 3.05) is 17.8 Å². The van der Waals surface area contributed by atoms with Gasteiger partial charge in [-0.25, -0.2) is 0 Å². The number of nitrogens with one attached hydrogen (secondary N) is 2. The summed E-state index contributed by atoms with van der Waals surface area (Å²) in [6, 6.07) is 1.73. The molecule has 0 aliphatic carbocycles. The quantitative estimate of drug-likeness (QED) is 0.777. The third kappa shape index (κ3) is 3.71. The maximum Gasteiger partial charge on any atom is 0.302 e. The second kappa shape index (κ2) is 6.02. The Hall–Kier alpha value is -1.08. The van der Waals surface area contributed by atoms with Crippen LogP contribution in [0, 0.1) is 0 Å². The molecule has 0 amide bonds. The first-order valence-corrected chi connectivity index (χ1v) is 7.29. The van der Waals surface area contributed by atoms with Gasteiger partial charge in [-0.3, -0.25) is 9.82 Å². The van der Waals surface area contributed by atoms with Crippen LogP contribution in [0.3, 0.4) is 0 Å². The lowest BCUT2D eigenvalue weighted by Crippen LogP contribution is -2.35. The van der Waals surface area contributed by atoms with Crippen LogP contribution in [-0.4, -0.2) is 36.0 Å². The van der Waals surface area contributed by atoms with Crippen molar-refractivity contribution in [2.24, 2.45) is 0 Å². The van der Waals surface area contributed by atoms with Crippen molar-refractivity contribution in [3.63, 3.8) is 0 Å². The van der Waals surface area contributed by atoms with Crippen molar-refractivity contribution >= 4 is 16.0 Å². The Morgan fingerprint density at radius 3 is 2.53 bits per heavy atom. The first-order valence-electron chi connectivity index (χ1n) is 5.85. The van der Waals surface area contributed by atoms with Gasteiger partial charge in [0.05, 0.1) is 0 Å². The molecule has 0 aromatic carbocycles. The van der Waals surface area contributed by atoms with E-state index in [0.29, 0.717) is 18.9 Å². The van der Waals surface area contributed by atoms with E-state index in [1.807, 2.05) is 0 Å². The number of nitrogens with zero attached hydrogens (tertiary/aromatic N) is 2.